The highest BCUT2D eigenvalue weighted by molar-refractivity contribution is 5.92. The normalized spacial score (nSPS) is 21.7. The summed E-state index contributed by atoms with van der Waals surface area (Å²) in [6, 6.07) is 6.38. The molecule has 2 aromatic rings. The Kier molecular flexibility index (Phi) is 5.69. The van der Waals surface area contributed by atoms with Crippen LogP contribution in [0.25, 0.3) is 0 Å². The van der Waals surface area contributed by atoms with Crippen molar-refractivity contribution in [1.82, 2.24) is 20.4 Å². The number of aromatic amines is 1. The second-order valence-corrected chi connectivity index (χ2v) is 9.73. The van der Waals surface area contributed by atoms with Crippen molar-refractivity contribution < 1.29 is 22.8 Å². The lowest BCUT2D eigenvalue weighted by molar-refractivity contribution is -0.137. The standard InChI is InChI=1S/C24H25F3N6O2/c25-24(26,27)18-11-17(4-1-15(18)13-28)33-14-23(12-20(33)21(34)30-16-2-3-16)6-9-32(10-7-23)22(35)19-5-8-29-31-19/h1,4-5,8,11,16,20H,2-3,6-7,9-10,12,14H2,(H,29,31)(H,30,34). The van der Waals surface area contributed by atoms with Crippen molar-refractivity contribution in [1.29, 1.82) is 5.26 Å². The number of likely N-dealkylation sites (tertiary alicyclic amines) is 1. The smallest absolute Gasteiger partial charge is 0.359 e. The average molecular weight is 486 g/mol. The number of H-pyrrole nitrogens is 1. The summed E-state index contributed by atoms with van der Waals surface area (Å²) in [5.74, 6) is -0.324. The van der Waals surface area contributed by atoms with Gasteiger partial charge >= 0.3 is 6.18 Å². The second kappa shape index (κ2) is 8.59. The Balaban J connectivity index is 1.40. The molecule has 1 aliphatic carbocycles. The van der Waals surface area contributed by atoms with Crippen LogP contribution in [0.4, 0.5) is 18.9 Å². The van der Waals surface area contributed by atoms with Crippen LogP contribution in [-0.2, 0) is 11.0 Å². The van der Waals surface area contributed by atoms with Crippen molar-refractivity contribution in [3.05, 3.63) is 47.3 Å². The summed E-state index contributed by atoms with van der Waals surface area (Å²) in [6.45, 7) is 1.39. The van der Waals surface area contributed by atoms with E-state index < -0.39 is 23.3 Å². The largest absolute Gasteiger partial charge is 0.417 e. The van der Waals surface area contributed by atoms with Gasteiger partial charge in [0.05, 0.1) is 17.2 Å². The van der Waals surface area contributed by atoms with Gasteiger partial charge in [-0.05, 0) is 61.8 Å². The topological polar surface area (TPSA) is 105 Å². The third-order valence-electron chi connectivity index (χ3n) is 7.34. The summed E-state index contributed by atoms with van der Waals surface area (Å²) in [7, 11) is 0. The molecule has 1 aromatic heterocycles. The number of nitrogens with zero attached hydrogens (tertiary/aromatic N) is 4. The SMILES string of the molecule is N#Cc1ccc(N2CC3(CCN(C(=O)c4ccn[nH]4)CC3)CC2C(=O)NC2CC2)cc1C(F)(F)F. The van der Waals surface area contributed by atoms with E-state index in [1.807, 2.05) is 0 Å². The molecule has 2 N–H and O–H groups in total. The van der Waals surface area contributed by atoms with E-state index in [-0.39, 0.29) is 29.0 Å². The predicted octanol–water partition coefficient (Wildman–Crippen LogP) is 3.08. The van der Waals surface area contributed by atoms with Gasteiger partial charge in [0.1, 0.15) is 11.7 Å². The van der Waals surface area contributed by atoms with Crippen molar-refractivity contribution >= 4 is 17.5 Å². The number of benzene rings is 1. The lowest BCUT2D eigenvalue weighted by Gasteiger charge is -2.39. The number of carbonyl (C=O) groups excluding carboxylic acids is 2. The van der Waals surface area contributed by atoms with Gasteiger partial charge in [0.2, 0.25) is 5.91 Å². The number of anilines is 1. The summed E-state index contributed by atoms with van der Waals surface area (Å²) in [5.41, 5.74) is -1.06. The first kappa shape index (κ1) is 23.2. The van der Waals surface area contributed by atoms with Crippen molar-refractivity contribution in [2.75, 3.05) is 24.5 Å². The molecule has 184 valence electrons. The van der Waals surface area contributed by atoms with E-state index in [4.69, 9.17) is 5.26 Å². The van der Waals surface area contributed by atoms with Gasteiger partial charge in [-0.25, -0.2) is 0 Å². The molecule has 1 aromatic carbocycles. The second-order valence-electron chi connectivity index (χ2n) is 9.73. The third kappa shape index (κ3) is 4.57. The van der Waals surface area contributed by atoms with Crippen LogP contribution >= 0.6 is 0 Å². The van der Waals surface area contributed by atoms with Crippen LogP contribution in [0.5, 0.6) is 0 Å². The van der Waals surface area contributed by atoms with Crippen molar-refractivity contribution in [3.63, 3.8) is 0 Å². The third-order valence-corrected chi connectivity index (χ3v) is 7.34. The molecule has 3 fully saturated rings. The van der Waals surface area contributed by atoms with E-state index in [0.717, 1.165) is 18.9 Å². The summed E-state index contributed by atoms with van der Waals surface area (Å²) >= 11 is 0. The fourth-order valence-corrected chi connectivity index (χ4v) is 5.22. The van der Waals surface area contributed by atoms with Crippen LogP contribution in [0.15, 0.2) is 30.5 Å². The minimum atomic E-state index is -4.68. The Morgan fingerprint density at radius 2 is 1.94 bits per heavy atom. The fraction of sp³-hybridized carbons (Fsp3) is 0.500. The average Bonchev–Trinajstić information content (AvgIpc) is 3.33. The number of halogens is 3. The molecule has 0 radical (unpaired) electrons. The Morgan fingerprint density at radius 3 is 2.54 bits per heavy atom. The monoisotopic (exact) mass is 486 g/mol. The van der Waals surface area contributed by atoms with Crippen molar-refractivity contribution in [2.24, 2.45) is 5.41 Å². The zero-order valence-electron chi connectivity index (χ0n) is 18.9. The molecule has 3 heterocycles. The van der Waals surface area contributed by atoms with E-state index in [9.17, 15) is 22.8 Å². The van der Waals surface area contributed by atoms with Gasteiger partial charge in [-0.1, -0.05) is 0 Å². The number of carbonyl (C=O) groups is 2. The molecular weight excluding hydrogens is 461 g/mol. The zero-order chi connectivity index (χ0) is 24.8. The molecule has 2 aliphatic heterocycles. The molecule has 2 saturated heterocycles. The lowest BCUT2D eigenvalue weighted by Crippen LogP contribution is -2.44. The minimum Gasteiger partial charge on any atom is -0.359 e. The molecule has 11 heteroatoms. The zero-order valence-corrected chi connectivity index (χ0v) is 18.9. The number of piperidine rings is 1. The summed E-state index contributed by atoms with van der Waals surface area (Å²) in [6.07, 6.45) is 0.426. The van der Waals surface area contributed by atoms with Gasteiger partial charge in [0.25, 0.3) is 5.91 Å². The van der Waals surface area contributed by atoms with Gasteiger partial charge in [-0.3, -0.25) is 14.7 Å². The molecule has 1 unspecified atom stereocenters. The molecule has 8 nitrogen and oxygen atoms in total. The molecule has 3 aliphatic rings. The maximum absolute atomic E-state index is 13.6. The van der Waals surface area contributed by atoms with Crippen molar-refractivity contribution in [3.8, 4) is 6.07 Å². The summed E-state index contributed by atoms with van der Waals surface area (Å²) in [5, 5.41) is 18.7. The maximum Gasteiger partial charge on any atom is 0.417 e. The maximum atomic E-state index is 13.6. The van der Waals surface area contributed by atoms with Crippen LogP contribution in [0, 0.1) is 16.7 Å². The van der Waals surface area contributed by atoms with Crippen LogP contribution in [0.1, 0.15) is 53.7 Å². The van der Waals surface area contributed by atoms with Gasteiger partial charge in [-0.15, -0.1) is 0 Å². The van der Waals surface area contributed by atoms with E-state index >= 15 is 0 Å². The summed E-state index contributed by atoms with van der Waals surface area (Å²) < 4.78 is 40.9. The number of nitriles is 1. The Hall–Kier alpha value is -3.55. The molecule has 5 rings (SSSR count). The van der Waals surface area contributed by atoms with Crippen LogP contribution in [-0.4, -0.2) is 58.6 Å². The van der Waals surface area contributed by atoms with Gasteiger partial charge in [0, 0.05) is 37.6 Å². The summed E-state index contributed by atoms with van der Waals surface area (Å²) in [4.78, 5) is 29.3. The van der Waals surface area contributed by atoms with Crippen LogP contribution in [0.2, 0.25) is 0 Å². The highest BCUT2D eigenvalue weighted by Gasteiger charge is 2.49. The van der Waals surface area contributed by atoms with Gasteiger partial charge in [-0.2, -0.15) is 23.5 Å². The first-order valence-electron chi connectivity index (χ1n) is 11.7. The molecule has 2 amide bonds. The highest BCUT2D eigenvalue weighted by atomic mass is 19.4. The minimum absolute atomic E-state index is 0.126. The predicted molar refractivity (Wildman–Crippen MR) is 119 cm³/mol. The molecule has 1 atom stereocenters. The van der Waals surface area contributed by atoms with Gasteiger partial charge < -0.3 is 15.1 Å². The first-order chi connectivity index (χ1) is 16.7. The van der Waals surface area contributed by atoms with Crippen LogP contribution in [0.3, 0.4) is 0 Å². The number of hydrogen-bond donors (Lipinski definition) is 2. The Morgan fingerprint density at radius 1 is 1.20 bits per heavy atom. The number of alkyl halides is 3. The molecule has 1 spiro atoms. The van der Waals surface area contributed by atoms with E-state index in [2.05, 4.69) is 15.5 Å². The number of amides is 2. The van der Waals surface area contributed by atoms with Crippen LogP contribution < -0.4 is 10.2 Å². The quantitative estimate of drug-likeness (QED) is 0.691. The fourth-order valence-electron chi connectivity index (χ4n) is 5.22. The van der Waals surface area contributed by atoms with E-state index in [0.29, 0.717) is 44.6 Å². The number of nitrogens with one attached hydrogen (secondary N) is 2. The number of aromatic nitrogens is 2. The molecular formula is C24H25F3N6O2. The number of hydrogen-bond acceptors (Lipinski definition) is 5. The molecule has 0 bridgehead atoms. The Bertz CT molecular complexity index is 1160. The number of rotatable bonds is 4. The molecule has 1 saturated carbocycles. The van der Waals surface area contributed by atoms with E-state index in [1.165, 1.54) is 18.3 Å². The highest BCUT2D eigenvalue weighted by Crippen LogP contribution is 2.46. The van der Waals surface area contributed by atoms with Gasteiger partial charge in [0.15, 0.2) is 0 Å². The van der Waals surface area contributed by atoms with E-state index in [1.54, 1.807) is 21.9 Å². The van der Waals surface area contributed by atoms with Crippen molar-refractivity contribution in [2.45, 2.75) is 50.4 Å². The first-order valence-corrected chi connectivity index (χ1v) is 11.7. The lowest BCUT2D eigenvalue weighted by atomic mass is 9.76. The molecule has 35 heavy (non-hydrogen) atoms. The Labute approximate surface area is 200 Å².